The van der Waals surface area contributed by atoms with Crippen molar-refractivity contribution in [3.8, 4) is 5.88 Å². The van der Waals surface area contributed by atoms with Crippen molar-refractivity contribution in [1.82, 2.24) is 29.5 Å². The zero-order valence-corrected chi connectivity index (χ0v) is 16.8. The topological polar surface area (TPSA) is 91.9 Å². The Hall–Kier alpha value is -2.75. The normalized spacial score (nSPS) is 24.6. The highest BCUT2D eigenvalue weighted by Gasteiger charge is 2.41. The van der Waals surface area contributed by atoms with Crippen LogP contribution < -0.4 is 10.1 Å². The number of ether oxygens (including phenoxy) is 2. The Balaban J connectivity index is 1.59. The smallest absolute Gasteiger partial charge is 0.257 e. The number of nitrogens with one attached hydrogen (secondary N) is 1. The fourth-order valence-electron chi connectivity index (χ4n) is 4.10. The molecule has 1 saturated heterocycles. The van der Waals surface area contributed by atoms with Gasteiger partial charge in [0.25, 0.3) is 5.88 Å². The molecule has 0 spiro atoms. The van der Waals surface area contributed by atoms with Gasteiger partial charge in [-0.1, -0.05) is 0 Å². The van der Waals surface area contributed by atoms with E-state index in [4.69, 9.17) is 9.47 Å². The molecule has 1 fully saturated rings. The number of fused-ring (bicyclic) bond motifs is 2. The zero-order valence-electron chi connectivity index (χ0n) is 16.8. The number of rotatable bonds is 1. The van der Waals surface area contributed by atoms with Crippen LogP contribution in [0.4, 0.5) is 16.0 Å². The highest BCUT2D eigenvalue weighted by molar-refractivity contribution is 5.79. The Morgan fingerprint density at radius 2 is 2.14 bits per heavy atom. The molecule has 0 unspecified atom stereocenters. The molecule has 0 aliphatic carbocycles. The Kier molecular flexibility index (Phi) is 4.19. The van der Waals surface area contributed by atoms with Gasteiger partial charge in [0.2, 0.25) is 5.95 Å². The molecule has 0 amide bonds. The van der Waals surface area contributed by atoms with Crippen molar-refractivity contribution in [1.29, 1.82) is 0 Å². The van der Waals surface area contributed by atoms with Crippen molar-refractivity contribution in [3.05, 3.63) is 17.6 Å². The molecule has 1 N–H and O–H groups in total. The Morgan fingerprint density at radius 1 is 1.28 bits per heavy atom. The summed E-state index contributed by atoms with van der Waals surface area (Å²) in [4.78, 5) is 9.10. The molecule has 5 rings (SSSR count). The average Bonchev–Trinajstić information content (AvgIpc) is 3.15. The summed E-state index contributed by atoms with van der Waals surface area (Å²) in [6.45, 7) is 7.12. The number of nitrogens with zero attached hydrogens (tertiary/aromatic N) is 6. The van der Waals surface area contributed by atoms with Crippen LogP contribution >= 0.6 is 0 Å². The van der Waals surface area contributed by atoms with E-state index >= 15 is 4.39 Å². The van der Waals surface area contributed by atoms with E-state index in [1.54, 1.807) is 17.8 Å². The second kappa shape index (κ2) is 6.65. The zero-order chi connectivity index (χ0) is 20.2. The van der Waals surface area contributed by atoms with E-state index in [0.29, 0.717) is 43.7 Å². The van der Waals surface area contributed by atoms with Crippen LogP contribution in [-0.4, -0.2) is 55.0 Å². The molecule has 0 radical (unpaired) electrons. The highest BCUT2D eigenvalue weighted by atomic mass is 19.1. The minimum Gasteiger partial charge on any atom is -0.475 e. The molecule has 9 nitrogen and oxygen atoms in total. The summed E-state index contributed by atoms with van der Waals surface area (Å²) in [5.74, 6) is 0.868. The van der Waals surface area contributed by atoms with Crippen molar-refractivity contribution >= 4 is 22.7 Å². The van der Waals surface area contributed by atoms with Gasteiger partial charge in [0, 0.05) is 25.8 Å². The van der Waals surface area contributed by atoms with Crippen LogP contribution in [0.2, 0.25) is 0 Å². The summed E-state index contributed by atoms with van der Waals surface area (Å²) >= 11 is 0. The second-order valence-electron chi connectivity index (χ2n) is 7.91. The highest BCUT2D eigenvalue weighted by Crippen LogP contribution is 2.39. The van der Waals surface area contributed by atoms with Crippen LogP contribution in [0, 0.1) is 13.8 Å². The average molecular weight is 401 g/mol. The van der Waals surface area contributed by atoms with Gasteiger partial charge < -0.3 is 14.8 Å². The maximum absolute atomic E-state index is 15.1. The number of aromatic nitrogens is 6. The molecular weight excluding hydrogens is 377 g/mol. The Labute approximate surface area is 167 Å². The largest absolute Gasteiger partial charge is 0.475 e. The monoisotopic (exact) mass is 401 g/mol. The van der Waals surface area contributed by atoms with Gasteiger partial charge in [-0.25, -0.2) is 14.1 Å². The Morgan fingerprint density at radius 3 is 2.97 bits per heavy atom. The summed E-state index contributed by atoms with van der Waals surface area (Å²) < 4.78 is 30.0. The van der Waals surface area contributed by atoms with E-state index < -0.39 is 11.7 Å². The SMILES string of the molecule is Cc1nn2c3nc(ncc13)Nc1c(nn([C@@H]3CCOC[C@@]3(C)F)c1C)OCCC2. The third kappa shape index (κ3) is 3.02. The van der Waals surface area contributed by atoms with Crippen molar-refractivity contribution in [2.75, 3.05) is 25.1 Å². The van der Waals surface area contributed by atoms with Gasteiger partial charge in [0.1, 0.15) is 5.69 Å². The molecule has 3 aromatic rings. The molecule has 2 aliphatic rings. The first-order valence-corrected chi connectivity index (χ1v) is 9.90. The maximum atomic E-state index is 15.1. The molecule has 0 aromatic carbocycles. The summed E-state index contributed by atoms with van der Waals surface area (Å²) in [6, 6.07) is -0.422. The van der Waals surface area contributed by atoms with Crippen LogP contribution in [0.5, 0.6) is 5.88 Å². The molecule has 154 valence electrons. The molecular formula is C19H24FN7O2. The minimum atomic E-state index is -1.51. The number of hydrogen-bond acceptors (Lipinski definition) is 7. The number of alkyl halides is 1. The van der Waals surface area contributed by atoms with Gasteiger partial charge in [0.15, 0.2) is 11.3 Å². The lowest BCUT2D eigenvalue weighted by Crippen LogP contribution is -2.42. The Bertz CT molecular complexity index is 1070. The van der Waals surface area contributed by atoms with Crippen LogP contribution in [0.15, 0.2) is 6.20 Å². The maximum Gasteiger partial charge on any atom is 0.257 e. The predicted octanol–water partition coefficient (Wildman–Crippen LogP) is 2.86. The first kappa shape index (κ1) is 18.3. The van der Waals surface area contributed by atoms with E-state index in [0.717, 1.165) is 28.8 Å². The summed E-state index contributed by atoms with van der Waals surface area (Å²) in [7, 11) is 0. The van der Waals surface area contributed by atoms with Gasteiger partial charge >= 0.3 is 0 Å². The van der Waals surface area contributed by atoms with E-state index in [9.17, 15) is 0 Å². The molecule has 10 heteroatoms. The van der Waals surface area contributed by atoms with Gasteiger partial charge in [-0.3, -0.25) is 4.68 Å². The summed E-state index contributed by atoms with van der Waals surface area (Å²) in [6.07, 6.45) is 3.08. The van der Waals surface area contributed by atoms with Crippen LogP contribution in [-0.2, 0) is 11.3 Å². The van der Waals surface area contributed by atoms with Gasteiger partial charge in [-0.15, -0.1) is 5.10 Å². The van der Waals surface area contributed by atoms with Crippen molar-refractivity contribution in [3.63, 3.8) is 0 Å². The van der Waals surface area contributed by atoms with Crippen molar-refractivity contribution in [2.24, 2.45) is 0 Å². The fourth-order valence-corrected chi connectivity index (χ4v) is 4.10. The number of halogens is 1. The molecule has 2 atom stereocenters. The molecule has 29 heavy (non-hydrogen) atoms. The molecule has 2 bridgehead atoms. The molecule has 5 heterocycles. The van der Waals surface area contributed by atoms with Gasteiger partial charge in [-0.05, 0) is 27.2 Å². The van der Waals surface area contributed by atoms with Crippen LogP contribution in [0.3, 0.4) is 0 Å². The quantitative estimate of drug-likeness (QED) is 0.670. The van der Waals surface area contributed by atoms with Gasteiger partial charge in [-0.2, -0.15) is 10.1 Å². The van der Waals surface area contributed by atoms with Crippen molar-refractivity contribution < 1.29 is 13.9 Å². The fraction of sp³-hybridized carbons (Fsp3) is 0.579. The standard InChI is InChI=1S/C19H24FN7O2/c1-11-13-9-21-18-22-15-12(2)27(14-5-8-28-10-19(14,3)20)25-17(15)29-7-4-6-26(24-11)16(13)23-18/h9,14H,4-8,10H2,1-3H3,(H,21,22,23)/t14-,19-/m1/s1. The third-order valence-corrected chi connectivity index (χ3v) is 5.69. The lowest BCUT2D eigenvalue weighted by molar-refractivity contribution is -0.0605. The third-order valence-electron chi connectivity index (χ3n) is 5.69. The second-order valence-corrected chi connectivity index (χ2v) is 7.91. The van der Waals surface area contributed by atoms with E-state index in [1.807, 2.05) is 18.5 Å². The summed E-state index contributed by atoms with van der Waals surface area (Å²) in [5, 5.41) is 13.3. The number of aryl methyl sites for hydroxylation is 2. The first-order valence-electron chi connectivity index (χ1n) is 9.90. The van der Waals surface area contributed by atoms with E-state index in [1.165, 1.54) is 0 Å². The van der Waals surface area contributed by atoms with Crippen molar-refractivity contribution in [2.45, 2.75) is 51.9 Å². The number of hydrogen-bond donors (Lipinski definition) is 1. The lowest BCUT2D eigenvalue weighted by Gasteiger charge is -2.35. The van der Waals surface area contributed by atoms with Crippen LogP contribution in [0.25, 0.3) is 11.0 Å². The first-order chi connectivity index (χ1) is 13.9. The van der Waals surface area contributed by atoms with E-state index in [-0.39, 0.29) is 6.61 Å². The number of anilines is 2. The summed E-state index contributed by atoms with van der Waals surface area (Å²) in [5.41, 5.74) is 1.62. The minimum absolute atomic E-state index is 0.0546. The predicted molar refractivity (Wildman–Crippen MR) is 104 cm³/mol. The molecule has 2 aliphatic heterocycles. The van der Waals surface area contributed by atoms with E-state index in [2.05, 4.69) is 25.5 Å². The lowest BCUT2D eigenvalue weighted by atomic mass is 9.94. The molecule has 0 saturated carbocycles. The van der Waals surface area contributed by atoms with Crippen LogP contribution in [0.1, 0.15) is 37.2 Å². The van der Waals surface area contributed by atoms with Gasteiger partial charge in [0.05, 0.1) is 36.0 Å². The molecule has 3 aromatic heterocycles.